The van der Waals surface area contributed by atoms with Crippen molar-refractivity contribution in [2.75, 3.05) is 5.32 Å². The zero-order valence-electron chi connectivity index (χ0n) is 13.5. The molecule has 2 rings (SSSR count). The summed E-state index contributed by atoms with van der Waals surface area (Å²) in [6, 6.07) is 10.7. The number of primary amides is 1. The van der Waals surface area contributed by atoms with Crippen molar-refractivity contribution >= 4 is 39.2 Å². The Morgan fingerprint density at radius 3 is 2.42 bits per heavy atom. The van der Waals surface area contributed by atoms with Gasteiger partial charge in [-0.05, 0) is 29.8 Å². The number of primary sulfonamides is 1. The van der Waals surface area contributed by atoms with Crippen molar-refractivity contribution in [3.63, 3.8) is 0 Å². The minimum absolute atomic E-state index is 0.131. The molecule has 3 amide bonds. The lowest BCUT2D eigenvalue weighted by molar-refractivity contribution is -0.116. The molecule has 6 N–H and O–H groups in total. The Morgan fingerprint density at radius 1 is 1.12 bits per heavy atom. The van der Waals surface area contributed by atoms with Crippen LogP contribution in [0.1, 0.15) is 18.0 Å². The van der Waals surface area contributed by atoms with Gasteiger partial charge in [0.05, 0.1) is 17.4 Å². The molecule has 0 aromatic heterocycles. The van der Waals surface area contributed by atoms with Gasteiger partial charge in [0.15, 0.2) is 0 Å². The summed E-state index contributed by atoms with van der Waals surface area (Å²) >= 11 is 6.11. The Hall–Kier alpha value is -2.62. The van der Waals surface area contributed by atoms with E-state index < -0.39 is 28.0 Å². The number of nitrogens with two attached hydrogens (primary N) is 2. The summed E-state index contributed by atoms with van der Waals surface area (Å²) in [7, 11) is -3.89. The van der Waals surface area contributed by atoms with Gasteiger partial charge < -0.3 is 16.4 Å². The maximum absolute atomic E-state index is 12.3. The molecule has 0 aliphatic rings. The van der Waals surface area contributed by atoms with Gasteiger partial charge in [-0.15, -0.1) is 0 Å². The molecule has 0 fully saturated rings. The standard InChI is InChI=1S/C16H17ClN4O4S/c17-13-7-2-1-6-12(13)14(21-16(18)23)9-15(22)20-10-4-3-5-11(8-10)26(19,24)25/h1-8,14H,9H2,(H,20,22)(H3,18,21,23)(H2,19,24,25)/t14-/m0/s1. The molecule has 26 heavy (non-hydrogen) atoms. The third kappa shape index (κ3) is 5.45. The van der Waals surface area contributed by atoms with E-state index in [2.05, 4.69) is 10.6 Å². The lowest BCUT2D eigenvalue weighted by Crippen LogP contribution is -2.35. The predicted molar refractivity (Wildman–Crippen MR) is 98.0 cm³/mol. The van der Waals surface area contributed by atoms with Crippen molar-refractivity contribution < 1.29 is 18.0 Å². The zero-order valence-corrected chi connectivity index (χ0v) is 15.0. The van der Waals surface area contributed by atoms with E-state index in [-0.39, 0.29) is 17.0 Å². The number of carbonyl (C=O) groups is 2. The molecule has 0 spiro atoms. The SMILES string of the molecule is NC(=O)N[C@@H](CC(=O)Nc1cccc(S(N)(=O)=O)c1)c1ccccc1Cl. The fraction of sp³-hybridized carbons (Fsp3) is 0.125. The number of sulfonamides is 1. The highest BCUT2D eigenvalue weighted by Crippen LogP contribution is 2.25. The van der Waals surface area contributed by atoms with Gasteiger partial charge in [0.25, 0.3) is 0 Å². The van der Waals surface area contributed by atoms with Crippen molar-refractivity contribution in [1.82, 2.24) is 5.32 Å². The van der Waals surface area contributed by atoms with Crippen LogP contribution in [0.15, 0.2) is 53.4 Å². The predicted octanol–water partition coefficient (Wildman–Crippen LogP) is 1.73. The van der Waals surface area contributed by atoms with Crippen molar-refractivity contribution in [3.05, 3.63) is 59.1 Å². The second kappa shape index (κ2) is 8.17. The summed E-state index contributed by atoms with van der Waals surface area (Å²) in [4.78, 5) is 23.4. The van der Waals surface area contributed by atoms with E-state index in [9.17, 15) is 18.0 Å². The molecule has 138 valence electrons. The lowest BCUT2D eigenvalue weighted by atomic mass is 10.0. The quantitative estimate of drug-likeness (QED) is 0.589. The summed E-state index contributed by atoms with van der Waals surface area (Å²) in [5.74, 6) is -0.477. The van der Waals surface area contributed by atoms with Crippen LogP contribution in [0.3, 0.4) is 0 Å². The molecule has 1 atom stereocenters. The topological polar surface area (TPSA) is 144 Å². The summed E-state index contributed by atoms with van der Waals surface area (Å²) < 4.78 is 22.8. The molecular formula is C16H17ClN4O4S. The molecule has 2 aromatic carbocycles. The fourth-order valence-corrected chi connectivity index (χ4v) is 3.14. The van der Waals surface area contributed by atoms with E-state index in [1.807, 2.05) is 0 Å². The number of hydrogen-bond acceptors (Lipinski definition) is 4. The Balaban J connectivity index is 2.18. The first-order valence-electron chi connectivity index (χ1n) is 7.40. The van der Waals surface area contributed by atoms with E-state index in [4.69, 9.17) is 22.5 Å². The van der Waals surface area contributed by atoms with E-state index in [1.165, 1.54) is 24.3 Å². The van der Waals surface area contributed by atoms with E-state index >= 15 is 0 Å². The Bertz CT molecular complexity index is 933. The van der Waals surface area contributed by atoms with Gasteiger partial charge in [0, 0.05) is 10.7 Å². The molecule has 0 heterocycles. The number of carbonyl (C=O) groups excluding carboxylic acids is 2. The van der Waals surface area contributed by atoms with Gasteiger partial charge in [0.1, 0.15) is 0 Å². The van der Waals surface area contributed by atoms with Gasteiger partial charge in [-0.25, -0.2) is 18.4 Å². The molecule has 0 saturated heterocycles. The van der Waals surface area contributed by atoms with Crippen LogP contribution in [-0.4, -0.2) is 20.4 Å². The normalized spacial score (nSPS) is 12.2. The Morgan fingerprint density at radius 2 is 1.81 bits per heavy atom. The molecule has 0 bridgehead atoms. The van der Waals surface area contributed by atoms with Gasteiger partial charge in [0.2, 0.25) is 15.9 Å². The molecule has 0 unspecified atom stereocenters. The van der Waals surface area contributed by atoms with Crippen molar-refractivity contribution in [3.8, 4) is 0 Å². The summed E-state index contributed by atoms with van der Waals surface area (Å²) in [6.45, 7) is 0. The van der Waals surface area contributed by atoms with Gasteiger partial charge in [-0.1, -0.05) is 35.9 Å². The number of urea groups is 1. The number of anilines is 1. The van der Waals surface area contributed by atoms with Crippen LogP contribution in [0.4, 0.5) is 10.5 Å². The van der Waals surface area contributed by atoms with Crippen LogP contribution in [0.2, 0.25) is 5.02 Å². The van der Waals surface area contributed by atoms with Crippen LogP contribution < -0.4 is 21.5 Å². The molecule has 2 aromatic rings. The molecular weight excluding hydrogens is 380 g/mol. The monoisotopic (exact) mass is 396 g/mol. The highest BCUT2D eigenvalue weighted by molar-refractivity contribution is 7.89. The van der Waals surface area contributed by atoms with E-state index in [1.54, 1.807) is 24.3 Å². The maximum atomic E-state index is 12.3. The van der Waals surface area contributed by atoms with Crippen LogP contribution in [0, 0.1) is 0 Å². The summed E-state index contributed by atoms with van der Waals surface area (Å²) in [6.07, 6.45) is -0.160. The fourth-order valence-electron chi connectivity index (χ4n) is 2.32. The van der Waals surface area contributed by atoms with Crippen LogP contribution in [0.25, 0.3) is 0 Å². The number of hydrogen-bond donors (Lipinski definition) is 4. The third-order valence-electron chi connectivity index (χ3n) is 3.43. The summed E-state index contributed by atoms with van der Waals surface area (Å²) in [5, 5.41) is 10.5. The minimum Gasteiger partial charge on any atom is -0.352 e. The van der Waals surface area contributed by atoms with Crippen molar-refractivity contribution in [2.45, 2.75) is 17.4 Å². The number of nitrogens with one attached hydrogen (secondary N) is 2. The van der Waals surface area contributed by atoms with E-state index in [0.29, 0.717) is 10.6 Å². The van der Waals surface area contributed by atoms with Crippen LogP contribution in [0.5, 0.6) is 0 Å². The first-order valence-corrected chi connectivity index (χ1v) is 9.32. The van der Waals surface area contributed by atoms with Gasteiger partial charge in [-0.3, -0.25) is 4.79 Å². The number of benzene rings is 2. The molecule has 10 heteroatoms. The summed E-state index contributed by atoms with van der Waals surface area (Å²) in [5.41, 5.74) is 5.95. The Kier molecular flexibility index (Phi) is 6.19. The smallest absolute Gasteiger partial charge is 0.312 e. The zero-order chi connectivity index (χ0) is 19.3. The van der Waals surface area contributed by atoms with Gasteiger partial charge >= 0.3 is 6.03 Å². The lowest BCUT2D eigenvalue weighted by Gasteiger charge is -2.19. The van der Waals surface area contributed by atoms with E-state index in [0.717, 1.165) is 0 Å². The number of rotatable bonds is 6. The largest absolute Gasteiger partial charge is 0.352 e. The highest BCUT2D eigenvalue weighted by atomic mass is 35.5. The first-order chi connectivity index (χ1) is 12.2. The van der Waals surface area contributed by atoms with Gasteiger partial charge in [-0.2, -0.15) is 0 Å². The average molecular weight is 397 g/mol. The first kappa shape index (κ1) is 19.7. The molecule has 0 aliphatic carbocycles. The molecule has 0 saturated carbocycles. The average Bonchev–Trinajstić information content (AvgIpc) is 2.53. The second-order valence-electron chi connectivity index (χ2n) is 5.41. The molecule has 8 nitrogen and oxygen atoms in total. The minimum atomic E-state index is -3.89. The molecule has 0 aliphatic heterocycles. The maximum Gasteiger partial charge on any atom is 0.312 e. The third-order valence-corrected chi connectivity index (χ3v) is 4.69. The highest BCUT2D eigenvalue weighted by Gasteiger charge is 2.20. The van der Waals surface area contributed by atoms with Crippen LogP contribution in [-0.2, 0) is 14.8 Å². The number of halogens is 1. The Labute approximate surface area is 155 Å². The van der Waals surface area contributed by atoms with Crippen molar-refractivity contribution in [1.29, 1.82) is 0 Å². The second-order valence-corrected chi connectivity index (χ2v) is 7.38. The molecule has 0 radical (unpaired) electrons. The number of amides is 3. The van der Waals surface area contributed by atoms with Crippen molar-refractivity contribution in [2.24, 2.45) is 10.9 Å². The van der Waals surface area contributed by atoms with Crippen LogP contribution >= 0.6 is 11.6 Å².